The van der Waals surface area contributed by atoms with Crippen LogP contribution in [0, 0.1) is 5.92 Å². The average Bonchev–Trinajstić information content (AvgIpc) is 3.24. The summed E-state index contributed by atoms with van der Waals surface area (Å²) in [6.07, 6.45) is 2.52. The van der Waals surface area contributed by atoms with Crippen LogP contribution in [0.5, 0.6) is 5.75 Å². The quantitative estimate of drug-likeness (QED) is 0.929. The SMILES string of the molecule is O=C1c2c(Cl)cc(OCC3CC3)cc2[C@@H]2CNCCN12. The summed E-state index contributed by atoms with van der Waals surface area (Å²) in [6, 6.07) is 3.89. The number of halogens is 1. The highest BCUT2D eigenvalue weighted by molar-refractivity contribution is 6.34. The second-order valence-corrected chi connectivity index (χ2v) is 6.25. The van der Waals surface area contributed by atoms with E-state index in [1.54, 1.807) is 6.07 Å². The van der Waals surface area contributed by atoms with Crippen molar-refractivity contribution in [3.05, 3.63) is 28.3 Å². The Bertz CT molecular complexity index is 571. The third kappa shape index (κ3) is 1.98. The smallest absolute Gasteiger partial charge is 0.256 e. The molecule has 1 saturated carbocycles. The molecule has 1 aromatic carbocycles. The first-order valence-electron chi connectivity index (χ1n) is 7.22. The number of piperazine rings is 1. The fourth-order valence-electron chi connectivity index (χ4n) is 3.04. The third-order valence-electron chi connectivity index (χ3n) is 4.35. The fourth-order valence-corrected chi connectivity index (χ4v) is 3.34. The highest BCUT2D eigenvalue weighted by Gasteiger charge is 2.40. The summed E-state index contributed by atoms with van der Waals surface area (Å²) in [5.74, 6) is 1.56. The molecule has 1 amide bonds. The van der Waals surface area contributed by atoms with E-state index in [1.807, 2.05) is 11.0 Å². The number of rotatable bonds is 3. The van der Waals surface area contributed by atoms with Gasteiger partial charge in [-0.3, -0.25) is 4.79 Å². The predicted octanol–water partition coefficient (Wildman–Crippen LogP) is 2.23. The first-order valence-corrected chi connectivity index (χ1v) is 7.60. The molecule has 1 aliphatic carbocycles. The Morgan fingerprint density at radius 1 is 1.40 bits per heavy atom. The van der Waals surface area contributed by atoms with Gasteiger partial charge in [0.15, 0.2) is 0 Å². The summed E-state index contributed by atoms with van der Waals surface area (Å²) >= 11 is 6.32. The van der Waals surface area contributed by atoms with Gasteiger partial charge in [0.05, 0.1) is 23.2 Å². The molecule has 2 heterocycles. The van der Waals surface area contributed by atoms with E-state index in [2.05, 4.69) is 5.32 Å². The molecule has 3 aliphatic rings. The maximum atomic E-state index is 12.4. The number of nitrogens with zero attached hydrogens (tertiary/aromatic N) is 1. The van der Waals surface area contributed by atoms with Crippen molar-refractivity contribution in [3.63, 3.8) is 0 Å². The van der Waals surface area contributed by atoms with Crippen molar-refractivity contribution < 1.29 is 9.53 Å². The predicted molar refractivity (Wildman–Crippen MR) is 76.3 cm³/mol. The number of fused-ring (bicyclic) bond motifs is 3. The average molecular weight is 293 g/mol. The zero-order chi connectivity index (χ0) is 13.7. The first kappa shape index (κ1) is 12.5. The van der Waals surface area contributed by atoms with Gasteiger partial charge in [-0.15, -0.1) is 0 Å². The van der Waals surface area contributed by atoms with Gasteiger partial charge in [0.2, 0.25) is 0 Å². The third-order valence-corrected chi connectivity index (χ3v) is 4.65. The van der Waals surface area contributed by atoms with Crippen LogP contribution in [0.1, 0.15) is 34.8 Å². The van der Waals surface area contributed by atoms with Gasteiger partial charge in [-0.05, 0) is 36.5 Å². The molecule has 2 fully saturated rings. The van der Waals surface area contributed by atoms with Crippen LogP contribution in [0.25, 0.3) is 0 Å². The maximum absolute atomic E-state index is 12.4. The molecule has 2 aliphatic heterocycles. The molecule has 0 radical (unpaired) electrons. The highest BCUT2D eigenvalue weighted by Crippen LogP contribution is 2.41. The second kappa shape index (κ2) is 4.64. The fraction of sp³-hybridized carbons (Fsp3) is 0.533. The van der Waals surface area contributed by atoms with Gasteiger partial charge < -0.3 is 15.0 Å². The molecule has 1 aromatic rings. The lowest BCUT2D eigenvalue weighted by Gasteiger charge is -2.30. The molecule has 0 spiro atoms. The standard InChI is InChI=1S/C15H17ClN2O2/c16-12-6-10(20-8-9-1-2-9)5-11-13-7-17-3-4-18(13)15(19)14(11)12/h5-6,9,13,17H,1-4,7-8H2/t13-/m0/s1. The van der Waals surface area contributed by atoms with E-state index in [0.29, 0.717) is 16.5 Å². The van der Waals surface area contributed by atoms with Crippen LogP contribution in [0.2, 0.25) is 5.02 Å². The topological polar surface area (TPSA) is 41.6 Å². The van der Waals surface area contributed by atoms with E-state index < -0.39 is 0 Å². The molecular formula is C15H17ClN2O2. The van der Waals surface area contributed by atoms with Crippen molar-refractivity contribution in [1.82, 2.24) is 10.2 Å². The number of benzene rings is 1. The molecule has 0 aromatic heterocycles. The second-order valence-electron chi connectivity index (χ2n) is 5.84. The largest absolute Gasteiger partial charge is 0.493 e. The van der Waals surface area contributed by atoms with E-state index in [1.165, 1.54) is 12.8 Å². The first-order chi connectivity index (χ1) is 9.74. The van der Waals surface area contributed by atoms with Gasteiger partial charge in [-0.25, -0.2) is 0 Å². The lowest BCUT2D eigenvalue weighted by Crippen LogP contribution is -2.44. The normalized spacial score (nSPS) is 24.6. The zero-order valence-electron chi connectivity index (χ0n) is 11.2. The summed E-state index contributed by atoms with van der Waals surface area (Å²) in [6.45, 7) is 3.14. The van der Waals surface area contributed by atoms with Gasteiger partial charge in [0, 0.05) is 19.6 Å². The van der Waals surface area contributed by atoms with Gasteiger partial charge >= 0.3 is 0 Å². The molecule has 0 bridgehead atoms. The van der Waals surface area contributed by atoms with Crippen LogP contribution in [0.15, 0.2) is 12.1 Å². The van der Waals surface area contributed by atoms with Crippen molar-refractivity contribution in [2.75, 3.05) is 26.2 Å². The zero-order valence-corrected chi connectivity index (χ0v) is 11.9. The molecule has 4 nitrogen and oxygen atoms in total. The number of carbonyl (C=O) groups excluding carboxylic acids is 1. The molecule has 0 unspecified atom stereocenters. The minimum absolute atomic E-state index is 0.0604. The van der Waals surface area contributed by atoms with E-state index in [4.69, 9.17) is 16.3 Å². The number of hydrogen-bond donors (Lipinski definition) is 1. The molecule has 1 atom stereocenters. The number of hydrogen-bond acceptors (Lipinski definition) is 3. The van der Waals surface area contributed by atoms with Crippen molar-refractivity contribution >= 4 is 17.5 Å². The Morgan fingerprint density at radius 2 is 2.25 bits per heavy atom. The molecule has 1 saturated heterocycles. The minimum atomic E-state index is 0.0604. The van der Waals surface area contributed by atoms with Crippen LogP contribution in [0.4, 0.5) is 0 Å². The van der Waals surface area contributed by atoms with Crippen LogP contribution in [-0.4, -0.2) is 37.0 Å². The van der Waals surface area contributed by atoms with E-state index in [0.717, 1.165) is 37.6 Å². The Hall–Kier alpha value is -1.26. The Morgan fingerprint density at radius 3 is 3.05 bits per heavy atom. The van der Waals surface area contributed by atoms with Gasteiger partial charge in [-0.2, -0.15) is 0 Å². The lowest BCUT2D eigenvalue weighted by atomic mass is 10.0. The van der Waals surface area contributed by atoms with E-state index in [-0.39, 0.29) is 11.9 Å². The monoisotopic (exact) mass is 292 g/mol. The van der Waals surface area contributed by atoms with E-state index >= 15 is 0 Å². The summed E-state index contributed by atoms with van der Waals surface area (Å²) in [5.41, 5.74) is 1.68. The van der Waals surface area contributed by atoms with Crippen molar-refractivity contribution in [2.24, 2.45) is 5.92 Å². The van der Waals surface area contributed by atoms with Gasteiger partial charge in [0.1, 0.15) is 5.75 Å². The Balaban J connectivity index is 1.67. The molecular weight excluding hydrogens is 276 g/mol. The Labute approximate surface area is 123 Å². The Kier molecular flexibility index (Phi) is 2.89. The van der Waals surface area contributed by atoms with Crippen LogP contribution in [0.3, 0.4) is 0 Å². The molecule has 1 N–H and O–H groups in total. The van der Waals surface area contributed by atoms with Crippen molar-refractivity contribution in [1.29, 1.82) is 0 Å². The maximum Gasteiger partial charge on any atom is 0.256 e. The van der Waals surface area contributed by atoms with Crippen molar-refractivity contribution in [2.45, 2.75) is 18.9 Å². The molecule has 20 heavy (non-hydrogen) atoms. The molecule has 106 valence electrons. The summed E-state index contributed by atoms with van der Waals surface area (Å²) in [4.78, 5) is 14.3. The highest BCUT2D eigenvalue weighted by atomic mass is 35.5. The van der Waals surface area contributed by atoms with E-state index in [9.17, 15) is 4.79 Å². The van der Waals surface area contributed by atoms with Crippen molar-refractivity contribution in [3.8, 4) is 5.75 Å². The van der Waals surface area contributed by atoms with Gasteiger partial charge in [0.25, 0.3) is 5.91 Å². The van der Waals surface area contributed by atoms with Crippen LogP contribution >= 0.6 is 11.6 Å². The number of carbonyl (C=O) groups is 1. The lowest BCUT2D eigenvalue weighted by molar-refractivity contribution is 0.0691. The minimum Gasteiger partial charge on any atom is -0.493 e. The summed E-state index contributed by atoms with van der Waals surface area (Å²) in [5, 5.41) is 3.86. The van der Waals surface area contributed by atoms with Crippen LogP contribution < -0.4 is 10.1 Å². The summed E-state index contributed by atoms with van der Waals surface area (Å²) < 4.78 is 5.82. The number of ether oxygens (including phenoxy) is 1. The molecule has 5 heteroatoms. The molecule has 4 rings (SSSR count). The van der Waals surface area contributed by atoms with Gasteiger partial charge in [-0.1, -0.05) is 11.6 Å². The summed E-state index contributed by atoms with van der Waals surface area (Å²) in [7, 11) is 0. The number of nitrogens with one attached hydrogen (secondary N) is 1. The van der Waals surface area contributed by atoms with Crippen LogP contribution in [-0.2, 0) is 0 Å². The number of amides is 1.